The van der Waals surface area contributed by atoms with Crippen molar-refractivity contribution < 1.29 is 5.11 Å². The van der Waals surface area contributed by atoms with Gasteiger partial charge in [0.25, 0.3) is 5.56 Å². The van der Waals surface area contributed by atoms with Gasteiger partial charge in [-0.15, -0.1) is 0 Å². The molecule has 3 rings (SSSR count). The fourth-order valence-corrected chi connectivity index (χ4v) is 2.58. The molecule has 2 aromatic heterocycles. The van der Waals surface area contributed by atoms with Crippen LogP contribution in [-0.2, 0) is 7.05 Å². The van der Waals surface area contributed by atoms with Gasteiger partial charge < -0.3 is 10.4 Å². The summed E-state index contributed by atoms with van der Waals surface area (Å²) in [5.41, 5.74) is 1.09. The van der Waals surface area contributed by atoms with Gasteiger partial charge >= 0.3 is 0 Å². The molecule has 7 nitrogen and oxygen atoms in total. The van der Waals surface area contributed by atoms with Crippen LogP contribution in [0.3, 0.4) is 0 Å². The van der Waals surface area contributed by atoms with E-state index in [1.165, 1.54) is 10.9 Å². The number of rotatable bonds is 5. The first kappa shape index (κ1) is 17.5. The van der Waals surface area contributed by atoms with Crippen LogP contribution < -0.4 is 10.9 Å². The number of hydrogen-bond donors (Lipinski definition) is 2. The largest absolute Gasteiger partial charge is 0.386 e. The van der Waals surface area contributed by atoms with Crippen molar-refractivity contribution in [1.82, 2.24) is 19.6 Å². The lowest BCUT2D eigenvalue weighted by molar-refractivity contribution is 0.191. The summed E-state index contributed by atoms with van der Waals surface area (Å²) in [5, 5.41) is 21.7. The highest BCUT2D eigenvalue weighted by atomic mass is 35.5. The molecule has 0 amide bonds. The highest BCUT2D eigenvalue weighted by Crippen LogP contribution is 2.19. The Hall–Kier alpha value is -2.35. The van der Waals surface area contributed by atoms with Gasteiger partial charge in [0.1, 0.15) is 5.02 Å². The molecule has 0 saturated heterocycles. The number of anilines is 1. The summed E-state index contributed by atoms with van der Waals surface area (Å²) in [5.74, 6) is 0. The van der Waals surface area contributed by atoms with Crippen LogP contribution in [0.4, 0.5) is 5.69 Å². The number of nitrogens with zero attached hydrogens (tertiary/aromatic N) is 4. The summed E-state index contributed by atoms with van der Waals surface area (Å²) in [6.07, 6.45) is 3.94. The van der Waals surface area contributed by atoms with E-state index in [9.17, 15) is 9.90 Å². The van der Waals surface area contributed by atoms with Gasteiger partial charge in [-0.3, -0.25) is 9.48 Å². The van der Waals surface area contributed by atoms with Crippen LogP contribution in [0.1, 0.15) is 11.7 Å². The molecule has 25 heavy (non-hydrogen) atoms. The van der Waals surface area contributed by atoms with Crippen molar-refractivity contribution in [1.29, 1.82) is 0 Å². The van der Waals surface area contributed by atoms with Crippen LogP contribution in [0.5, 0.6) is 0 Å². The maximum Gasteiger partial charge on any atom is 0.292 e. The number of benzene rings is 1. The van der Waals surface area contributed by atoms with Gasteiger partial charge in [0, 0.05) is 30.4 Å². The molecule has 0 fully saturated rings. The Bertz CT molecular complexity index is 936. The molecule has 0 radical (unpaired) electrons. The monoisotopic (exact) mass is 379 g/mol. The van der Waals surface area contributed by atoms with E-state index in [0.717, 1.165) is 0 Å². The van der Waals surface area contributed by atoms with Crippen LogP contribution in [0.15, 0.2) is 47.7 Å². The summed E-state index contributed by atoms with van der Waals surface area (Å²) >= 11 is 12.0. The van der Waals surface area contributed by atoms with Crippen molar-refractivity contribution in [2.75, 3.05) is 11.9 Å². The molecule has 0 saturated carbocycles. The highest BCUT2D eigenvalue weighted by Gasteiger charge is 2.14. The quantitative estimate of drug-likeness (QED) is 0.710. The first-order valence-electron chi connectivity index (χ1n) is 7.40. The van der Waals surface area contributed by atoms with Gasteiger partial charge in [0.05, 0.1) is 29.9 Å². The fraction of sp³-hybridized carbons (Fsp3) is 0.188. The molecule has 9 heteroatoms. The van der Waals surface area contributed by atoms with Crippen molar-refractivity contribution in [3.63, 3.8) is 0 Å². The molecule has 0 bridgehead atoms. The van der Waals surface area contributed by atoms with Crippen molar-refractivity contribution in [3.05, 3.63) is 68.8 Å². The minimum atomic E-state index is -0.788. The molecule has 1 unspecified atom stereocenters. The first-order chi connectivity index (χ1) is 12.0. The van der Waals surface area contributed by atoms with Crippen molar-refractivity contribution in [2.45, 2.75) is 6.10 Å². The molecule has 0 aliphatic heterocycles. The lowest BCUT2D eigenvalue weighted by Crippen LogP contribution is -2.23. The van der Waals surface area contributed by atoms with Gasteiger partial charge in [-0.25, -0.2) is 0 Å². The summed E-state index contributed by atoms with van der Waals surface area (Å²) in [4.78, 5) is 12.4. The zero-order chi connectivity index (χ0) is 18.0. The number of hydrogen-bond acceptors (Lipinski definition) is 5. The summed E-state index contributed by atoms with van der Waals surface area (Å²) in [7, 11) is 1.76. The van der Waals surface area contributed by atoms with Gasteiger partial charge in [-0.2, -0.15) is 14.9 Å². The van der Waals surface area contributed by atoms with E-state index in [2.05, 4.69) is 15.5 Å². The third-order valence-electron chi connectivity index (χ3n) is 3.59. The molecule has 0 aliphatic rings. The van der Waals surface area contributed by atoms with E-state index >= 15 is 0 Å². The van der Waals surface area contributed by atoms with E-state index in [4.69, 9.17) is 23.2 Å². The second-order valence-corrected chi connectivity index (χ2v) is 6.22. The first-order valence-corrected chi connectivity index (χ1v) is 8.15. The fourth-order valence-electron chi connectivity index (χ4n) is 2.26. The van der Waals surface area contributed by atoms with E-state index < -0.39 is 11.7 Å². The molecule has 1 aromatic carbocycles. The van der Waals surface area contributed by atoms with Crippen LogP contribution in [0, 0.1) is 0 Å². The van der Waals surface area contributed by atoms with E-state index in [1.807, 2.05) is 0 Å². The second kappa shape index (κ2) is 7.26. The smallest absolute Gasteiger partial charge is 0.292 e. The summed E-state index contributed by atoms with van der Waals surface area (Å²) in [6.45, 7) is 0.164. The third-order valence-corrected chi connectivity index (χ3v) is 4.20. The molecule has 2 heterocycles. The van der Waals surface area contributed by atoms with E-state index in [1.54, 1.807) is 48.4 Å². The summed E-state index contributed by atoms with van der Waals surface area (Å²) < 4.78 is 2.78. The van der Waals surface area contributed by atoms with Gasteiger partial charge in [-0.05, 0) is 24.3 Å². The Morgan fingerprint density at radius 1 is 1.20 bits per heavy atom. The maximum absolute atomic E-state index is 12.4. The van der Waals surface area contributed by atoms with Crippen LogP contribution in [0.2, 0.25) is 10.0 Å². The van der Waals surface area contributed by atoms with Gasteiger partial charge in [-0.1, -0.05) is 23.2 Å². The normalized spacial score (nSPS) is 12.2. The Morgan fingerprint density at radius 2 is 1.92 bits per heavy atom. The Labute approximate surface area is 153 Å². The number of halogens is 2. The van der Waals surface area contributed by atoms with E-state index in [0.29, 0.717) is 22.0 Å². The van der Waals surface area contributed by atoms with E-state index in [-0.39, 0.29) is 11.6 Å². The second-order valence-electron chi connectivity index (χ2n) is 5.41. The van der Waals surface area contributed by atoms with Crippen molar-refractivity contribution >= 4 is 28.9 Å². The number of aryl methyl sites for hydroxylation is 1. The molecule has 0 spiro atoms. The lowest BCUT2D eigenvalue weighted by Gasteiger charge is -2.13. The lowest BCUT2D eigenvalue weighted by atomic mass is 10.2. The predicted molar refractivity (Wildman–Crippen MR) is 96.5 cm³/mol. The molecular formula is C16H15Cl2N5O2. The van der Waals surface area contributed by atoms with Gasteiger partial charge in [0.2, 0.25) is 0 Å². The molecule has 130 valence electrons. The topological polar surface area (TPSA) is 85.0 Å². The molecule has 1 atom stereocenters. The Balaban J connectivity index is 1.78. The average molecular weight is 380 g/mol. The van der Waals surface area contributed by atoms with Gasteiger partial charge in [0.15, 0.2) is 0 Å². The molecule has 3 aromatic rings. The number of aliphatic hydroxyl groups excluding tert-OH is 1. The standard InChI is InChI=1S/C16H15Cl2N5O2/c1-22-9-10(6-20-22)14(24)8-19-13-7-21-23(16(25)15(13)18)12-4-2-11(17)3-5-12/h2-7,9,14,19,24H,8H2,1H3. The number of aromatic nitrogens is 4. The Morgan fingerprint density at radius 3 is 2.56 bits per heavy atom. The zero-order valence-corrected chi connectivity index (χ0v) is 14.7. The SMILES string of the molecule is Cn1cc(C(O)CNc2cnn(-c3ccc(Cl)cc3)c(=O)c2Cl)cn1. The predicted octanol–water partition coefficient (Wildman–Crippen LogP) is 2.42. The minimum Gasteiger partial charge on any atom is -0.386 e. The van der Waals surface area contributed by atoms with Crippen LogP contribution in [0.25, 0.3) is 5.69 Å². The van der Waals surface area contributed by atoms with Crippen molar-refractivity contribution in [2.24, 2.45) is 7.05 Å². The van der Waals surface area contributed by atoms with Crippen LogP contribution >= 0.6 is 23.2 Å². The average Bonchev–Trinajstić information content (AvgIpc) is 3.03. The highest BCUT2D eigenvalue weighted by molar-refractivity contribution is 6.33. The van der Waals surface area contributed by atoms with Crippen LogP contribution in [-0.4, -0.2) is 31.2 Å². The summed E-state index contributed by atoms with van der Waals surface area (Å²) in [6, 6.07) is 6.67. The minimum absolute atomic E-state index is 0.0108. The maximum atomic E-state index is 12.4. The molecule has 2 N–H and O–H groups in total. The van der Waals surface area contributed by atoms with Crippen molar-refractivity contribution in [3.8, 4) is 5.69 Å². The number of nitrogens with one attached hydrogen (secondary N) is 1. The Kier molecular flexibility index (Phi) is 5.08. The number of aliphatic hydroxyl groups is 1. The molecular weight excluding hydrogens is 365 g/mol. The molecule has 0 aliphatic carbocycles. The zero-order valence-electron chi connectivity index (χ0n) is 13.2. The third kappa shape index (κ3) is 3.84.